The van der Waals surface area contributed by atoms with Gasteiger partial charge in [-0.2, -0.15) is 0 Å². The van der Waals surface area contributed by atoms with Crippen molar-refractivity contribution in [2.75, 3.05) is 0 Å². The standard InChI is InChI=1S/C28H46O/c1-18(2)19(3)7-8-20(4)24-11-12-25-23-10-9-21-17-22(29)13-15-27(21,5)26(23)14-16-28(24,25)6/h9,18-20,22,24-25,29H,7-8,10-17H2,1-6H3/t19-,20+,22-,24+,25-,27-,28+/m0/s1. The maximum absolute atomic E-state index is 10.2. The highest BCUT2D eigenvalue weighted by Crippen LogP contribution is 2.65. The summed E-state index contributed by atoms with van der Waals surface area (Å²) in [6.45, 7) is 14.9. The Morgan fingerprint density at radius 2 is 1.79 bits per heavy atom. The molecule has 4 rings (SSSR count). The SMILES string of the molecule is CC(C)[C@@H](C)CC[C@@H](C)[C@H]1CC[C@H]2C3=C(CC[C@]12C)[C@@]1(C)CC[C@H](O)CC1=CC3. The molecule has 0 heterocycles. The van der Waals surface area contributed by atoms with Gasteiger partial charge in [-0.05, 0) is 86.4 Å². The fourth-order valence-electron chi connectivity index (χ4n) is 7.94. The van der Waals surface area contributed by atoms with Crippen LogP contribution in [-0.4, -0.2) is 11.2 Å². The van der Waals surface area contributed by atoms with Gasteiger partial charge in [0.1, 0.15) is 0 Å². The van der Waals surface area contributed by atoms with Gasteiger partial charge in [0.2, 0.25) is 0 Å². The van der Waals surface area contributed by atoms with Crippen LogP contribution in [-0.2, 0) is 0 Å². The molecule has 0 amide bonds. The van der Waals surface area contributed by atoms with Gasteiger partial charge in [0.15, 0.2) is 0 Å². The number of hydrogen-bond acceptors (Lipinski definition) is 1. The summed E-state index contributed by atoms with van der Waals surface area (Å²) in [5, 5.41) is 10.2. The average molecular weight is 399 g/mol. The lowest BCUT2D eigenvalue weighted by Gasteiger charge is -2.52. The predicted octanol–water partition coefficient (Wildman–Crippen LogP) is 7.70. The van der Waals surface area contributed by atoms with Crippen LogP contribution in [0.15, 0.2) is 22.8 Å². The number of fused-ring (bicyclic) bond motifs is 4. The van der Waals surface area contributed by atoms with Gasteiger partial charge in [-0.15, -0.1) is 0 Å². The van der Waals surface area contributed by atoms with Crippen LogP contribution in [0, 0.1) is 40.4 Å². The van der Waals surface area contributed by atoms with E-state index in [2.05, 4.69) is 47.6 Å². The lowest BCUT2D eigenvalue weighted by atomic mass is 9.53. The van der Waals surface area contributed by atoms with E-state index in [4.69, 9.17) is 0 Å². The molecule has 1 N–H and O–H groups in total. The second-order valence-electron chi connectivity index (χ2n) is 12.2. The summed E-state index contributed by atoms with van der Waals surface area (Å²) < 4.78 is 0. The van der Waals surface area contributed by atoms with Crippen molar-refractivity contribution in [1.29, 1.82) is 0 Å². The molecular weight excluding hydrogens is 352 g/mol. The third kappa shape index (κ3) is 3.58. The molecule has 0 aliphatic heterocycles. The third-order valence-electron chi connectivity index (χ3n) is 10.4. The molecule has 0 aromatic heterocycles. The van der Waals surface area contributed by atoms with Gasteiger partial charge in [0, 0.05) is 5.41 Å². The molecule has 7 atom stereocenters. The number of hydrogen-bond donors (Lipinski definition) is 1. The highest BCUT2D eigenvalue weighted by molar-refractivity contribution is 5.43. The maximum atomic E-state index is 10.2. The van der Waals surface area contributed by atoms with E-state index in [9.17, 15) is 5.11 Å². The van der Waals surface area contributed by atoms with E-state index in [1.165, 1.54) is 44.9 Å². The molecule has 2 fully saturated rings. The van der Waals surface area contributed by atoms with Crippen molar-refractivity contribution in [3.63, 3.8) is 0 Å². The summed E-state index contributed by atoms with van der Waals surface area (Å²) in [6.07, 6.45) is 15.1. The molecule has 4 aliphatic rings. The van der Waals surface area contributed by atoms with Crippen LogP contribution in [0.3, 0.4) is 0 Å². The second-order valence-corrected chi connectivity index (χ2v) is 12.2. The van der Waals surface area contributed by atoms with Crippen LogP contribution < -0.4 is 0 Å². The topological polar surface area (TPSA) is 20.2 Å². The third-order valence-corrected chi connectivity index (χ3v) is 10.4. The molecule has 1 heteroatoms. The first-order chi connectivity index (χ1) is 13.7. The molecule has 0 aromatic carbocycles. The van der Waals surface area contributed by atoms with Gasteiger partial charge in [-0.3, -0.25) is 0 Å². The molecule has 0 saturated heterocycles. The van der Waals surface area contributed by atoms with Gasteiger partial charge in [0.25, 0.3) is 0 Å². The normalized spacial score (nSPS) is 41.5. The summed E-state index contributed by atoms with van der Waals surface area (Å²) in [6, 6.07) is 0. The largest absolute Gasteiger partial charge is 0.393 e. The summed E-state index contributed by atoms with van der Waals surface area (Å²) in [4.78, 5) is 0. The zero-order chi connectivity index (χ0) is 21.0. The van der Waals surface area contributed by atoms with E-state index in [1.54, 1.807) is 5.57 Å². The smallest absolute Gasteiger partial charge is 0.0578 e. The Balaban J connectivity index is 1.52. The van der Waals surface area contributed by atoms with Gasteiger partial charge in [-0.1, -0.05) is 77.2 Å². The zero-order valence-electron chi connectivity index (χ0n) is 20.1. The number of aliphatic hydroxyl groups is 1. The van der Waals surface area contributed by atoms with Crippen LogP contribution in [0.25, 0.3) is 0 Å². The van der Waals surface area contributed by atoms with E-state index in [-0.39, 0.29) is 11.5 Å². The minimum atomic E-state index is -0.102. The van der Waals surface area contributed by atoms with E-state index in [0.717, 1.165) is 48.9 Å². The highest BCUT2D eigenvalue weighted by Gasteiger charge is 2.54. The molecule has 0 spiro atoms. The van der Waals surface area contributed by atoms with Crippen molar-refractivity contribution in [2.24, 2.45) is 40.4 Å². The molecule has 0 unspecified atom stereocenters. The van der Waals surface area contributed by atoms with Crippen molar-refractivity contribution in [2.45, 2.75) is 112 Å². The average Bonchev–Trinajstić information content (AvgIpc) is 3.03. The first-order valence-corrected chi connectivity index (χ1v) is 12.8. The number of aliphatic hydroxyl groups excluding tert-OH is 1. The van der Waals surface area contributed by atoms with E-state index in [1.807, 2.05) is 11.1 Å². The summed E-state index contributed by atoms with van der Waals surface area (Å²) >= 11 is 0. The first kappa shape index (κ1) is 21.7. The Morgan fingerprint density at radius 1 is 1.03 bits per heavy atom. The van der Waals surface area contributed by atoms with Gasteiger partial charge < -0.3 is 5.11 Å². The fraction of sp³-hybridized carbons (Fsp3) is 0.857. The Morgan fingerprint density at radius 3 is 2.52 bits per heavy atom. The summed E-state index contributed by atoms with van der Waals surface area (Å²) in [7, 11) is 0. The summed E-state index contributed by atoms with van der Waals surface area (Å²) in [5.41, 5.74) is 6.00. The van der Waals surface area contributed by atoms with Crippen molar-refractivity contribution >= 4 is 0 Å². The minimum absolute atomic E-state index is 0.102. The van der Waals surface area contributed by atoms with Crippen molar-refractivity contribution in [1.82, 2.24) is 0 Å². The molecule has 0 aromatic rings. The molecule has 0 bridgehead atoms. The summed E-state index contributed by atoms with van der Waals surface area (Å²) in [5.74, 6) is 4.26. The second kappa shape index (κ2) is 7.85. The van der Waals surface area contributed by atoms with Crippen LogP contribution in [0.1, 0.15) is 106 Å². The molecule has 1 nitrogen and oxygen atoms in total. The molecule has 0 radical (unpaired) electrons. The van der Waals surface area contributed by atoms with Crippen LogP contribution >= 0.6 is 0 Å². The van der Waals surface area contributed by atoms with E-state index in [0.29, 0.717) is 5.41 Å². The quantitative estimate of drug-likeness (QED) is 0.470. The number of allylic oxidation sites excluding steroid dienone is 3. The maximum Gasteiger partial charge on any atom is 0.0578 e. The van der Waals surface area contributed by atoms with Crippen LogP contribution in [0.4, 0.5) is 0 Å². The van der Waals surface area contributed by atoms with Crippen LogP contribution in [0.5, 0.6) is 0 Å². The molecule has 4 aliphatic carbocycles. The van der Waals surface area contributed by atoms with Gasteiger partial charge in [-0.25, -0.2) is 0 Å². The van der Waals surface area contributed by atoms with E-state index >= 15 is 0 Å². The molecule has 2 saturated carbocycles. The van der Waals surface area contributed by atoms with Crippen molar-refractivity contribution in [3.8, 4) is 0 Å². The Kier molecular flexibility index (Phi) is 5.86. The Labute approximate surface area is 180 Å². The lowest BCUT2D eigenvalue weighted by molar-refractivity contribution is 0.0849. The van der Waals surface area contributed by atoms with Gasteiger partial charge >= 0.3 is 0 Å². The monoisotopic (exact) mass is 398 g/mol. The van der Waals surface area contributed by atoms with Gasteiger partial charge in [0.05, 0.1) is 6.10 Å². The molecular formula is C28H46O. The van der Waals surface area contributed by atoms with Crippen LogP contribution in [0.2, 0.25) is 0 Å². The number of rotatable bonds is 5. The zero-order valence-corrected chi connectivity index (χ0v) is 20.1. The fourth-order valence-corrected chi connectivity index (χ4v) is 7.94. The molecule has 164 valence electrons. The van der Waals surface area contributed by atoms with Crippen molar-refractivity contribution < 1.29 is 5.11 Å². The lowest BCUT2D eigenvalue weighted by Crippen LogP contribution is -2.42. The Bertz CT molecular complexity index is 684. The van der Waals surface area contributed by atoms with E-state index < -0.39 is 0 Å². The minimum Gasteiger partial charge on any atom is -0.393 e. The highest BCUT2D eigenvalue weighted by atomic mass is 16.3. The Hall–Kier alpha value is -0.560. The molecule has 29 heavy (non-hydrogen) atoms. The van der Waals surface area contributed by atoms with Crippen molar-refractivity contribution in [3.05, 3.63) is 22.8 Å². The first-order valence-electron chi connectivity index (χ1n) is 12.8. The predicted molar refractivity (Wildman–Crippen MR) is 124 cm³/mol.